The van der Waals surface area contributed by atoms with Gasteiger partial charge in [-0.1, -0.05) is 18.2 Å². The molecule has 6 nitrogen and oxygen atoms in total. The molecule has 36 heavy (non-hydrogen) atoms. The second-order valence-electron chi connectivity index (χ2n) is 10.4. The van der Waals surface area contributed by atoms with Gasteiger partial charge in [0, 0.05) is 29.4 Å². The number of nitrogens with zero attached hydrogens (tertiary/aromatic N) is 3. The number of esters is 1. The molecule has 0 aliphatic carbocycles. The minimum absolute atomic E-state index is 0.131. The summed E-state index contributed by atoms with van der Waals surface area (Å²) < 4.78 is 12.0. The Hall–Kier alpha value is -3.38. The SMILES string of the molecule is C=CC1CN2CC[C@H]1C[C@H]2[C@H](OC(=O)[C@H]1CN1c1cccc(C)c1)c1ccnc2ccc(OC)cc12. The molecule has 6 heteroatoms. The fourth-order valence-corrected chi connectivity index (χ4v) is 6.20. The van der Waals surface area contributed by atoms with E-state index in [-0.39, 0.29) is 24.2 Å². The van der Waals surface area contributed by atoms with Crippen molar-refractivity contribution in [3.05, 3.63) is 78.5 Å². The summed E-state index contributed by atoms with van der Waals surface area (Å²) in [6, 6.07) is 16.1. The number of piperidine rings is 3. The first-order valence-corrected chi connectivity index (χ1v) is 12.9. The molecule has 5 heterocycles. The van der Waals surface area contributed by atoms with Crippen LogP contribution < -0.4 is 9.64 Å². The van der Waals surface area contributed by atoms with Gasteiger partial charge in [-0.2, -0.15) is 0 Å². The Morgan fingerprint density at radius 1 is 1.19 bits per heavy atom. The number of methoxy groups -OCH3 is 1. The molecule has 2 aromatic carbocycles. The van der Waals surface area contributed by atoms with Crippen molar-refractivity contribution in [1.82, 2.24) is 9.88 Å². The number of benzene rings is 2. The first-order chi connectivity index (χ1) is 17.6. The molecule has 6 atom stereocenters. The number of ether oxygens (including phenoxy) is 2. The predicted octanol–water partition coefficient (Wildman–Crippen LogP) is 4.92. The minimum atomic E-state index is -0.372. The average Bonchev–Trinajstić information content (AvgIpc) is 3.72. The Labute approximate surface area is 212 Å². The molecule has 0 amide bonds. The van der Waals surface area contributed by atoms with Crippen molar-refractivity contribution in [3.8, 4) is 5.75 Å². The van der Waals surface area contributed by atoms with Gasteiger partial charge in [-0.25, -0.2) is 4.79 Å². The van der Waals surface area contributed by atoms with Gasteiger partial charge in [-0.05, 0) is 80.1 Å². The first-order valence-electron chi connectivity index (χ1n) is 12.9. The Kier molecular flexibility index (Phi) is 5.92. The largest absolute Gasteiger partial charge is 0.497 e. The molecule has 4 aliphatic rings. The van der Waals surface area contributed by atoms with Gasteiger partial charge in [0.2, 0.25) is 0 Å². The van der Waals surface area contributed by atoms with Crippen molar-refractivity contribution >= 4 is 22.6 Å². The number of fused-ring (bicyclic) bond motifs is 4. The number of carbonyl (C=O) groups is 1. The van der Waals surface area contributed by atoms with Crippen LogP contribution in [0.3, 0.4) is 0 Å². The van der Waals surface area contributed by atoms with E-state index >= 15 is 0 Å². The second-order valence-corrected chi connectivity index (χ2v) is 10.4. The van der Waals surface area contributed by atoms with E-state index < -0.39 is 0 Å². The maximum Gasteiger partial charge on any atom is 0.331 e. The van der Waals surface area contributed by atoms with Gasteiger partial charge in [0.25, 0.3) is 0 Å². The van der Waals surface area contributed by atoms with Crippen LogP contribution in [0.5, 0.6) is 5.75 Å². The van der Waals surface area contributed by atoms with Crippen molar-refractivity contribution in [2.24, 2.45) is 11.8 Å². The number of anilines is 1. The Morgan fingerprint density at radius 3 is 2.83 bits per heavy atom. The van der Waals surface area contributed by atoms with E-state index in [2.05, 4.69) is 52.6 Å². The van der Waals surface area contributed by atoms with Crippen LogP contribution in [0.25, 0.3) is 10.9 Å². The monoisotopic (exact) mass is 483 g/mol. The summed E-state index contributed by atoms with van der Waals surface area (Å²) in [5, 5.41) is 0.976. The van der Waals surface area contributed by atoms with Crippen LogP contribution in [-0.2, 0) is 9.53 Å². The maximum atomic E-state index is 13.5. The third-order valence-electron chi connectivity index (χ3n) is 8.25. The van der Waals surface area contributed by atoms with Crippen molar-refractivity contribution < 1.29 is 14.3 Å². The van der Waals surface area contributed by atoms with Crippen LogP contribution in [-0.4, -0.2) is 54.7 Å². The van der Waals surface area contributed by atoms with Gasteiger partial charge in [0.05, 0.1) is 25.2 Å². The summed E-state index contributed by atoms with van der Waals surface area (Å²) in [6.45, 7) is 8.83. The molecule has 0 saturated carbocycles. The Morgan fingerprint density at radius 2 is 2.08 bits per heavy atom. The van der Waals surface area contributed by atoms with E-state index in [1.165, 1.54) is 12.0 Å². The van der Waals surface area contributed by atoms with E-state index in [0.717, 1.165) is 47.4 Å². The van der Waals surface area contributed by atoms with Crippen molar-refractivity contribution in [1.29, 1.82) is 0 Å². The molecule has 0 radical (unpaired) electrons. The van der Waals surface area contributed by atoms with Crippen molar-refractivity contribution in [2.75, 3.05) is 31.6 Å². The van der Waals surface area contributed by atoms with Crippen LogP contribution in [0.1, 0.15) is 30.1 Å². The van der Waals surface area contributed by atoms with E-state index in [0.29, 0.717) is 18.4 Å². The third kappa shape index (κ3) is 4.13. The number of pyridine rings is 1. The molecular weight excluding hydrogens is 450 g/mol. The topological polar surface area (TPSA) is 54.7 Å². The first kappa shape index (κ1) is 23.0. The van der Waals surface area contributed by atoms with Crippen LogP contribution in [0.15, 0.2) is 67.4 Å². The summed E-state index contributed by atoms with van der Waals surface area (Å²) in [5.41, 5.74) is 4.14. The fraction of sp³-hybridized carbons (Fsp3) is 0.400. The molecule has 0 spiro atoms. The zero-order chi connectivity index (χ0) is 24.8. The predicted molar refractivity (Wildman–Crippen MR) is 141 cm³/mol. The molecule has 4 fully saturated rings. The van der Waals surface area contributed by atoms with Crippen molar-refractivity contribution in [3.63, 3.8) is 0 Å². The molecule has 2 bridgehead atoms. The van der Waals surface area contributed by atoms with Gasteiger partial charge in [-0.15, -0.1) is 6.58 Å². The quantitative estimate of drug-likeness (QED) is 0.270. The van der Waals surface area contributed by atoms with E-state index in [4.69, 9.17) is 9.47 Å². The molecule has 7 rings (SSSR count). The summed E-state index contributed by atoms with van der Waals surface area (Å²) in [6.07, 6.45) is 5.72. The van der Waals surface area contributed by atoms with E-state index in [9.17, 15) is 4.79 Å². The lowest BCUT2D eigenvalue weighted by Gasteiger charge is -2.51. The highest BCUT2D eigenvalue weighted by atomic mass is 16.5. The molecule has 0 N–H and O–H groups in total. The van der Waals surface area contributed by atoms with Gasteiger partial charge in [0.1, 0.15) is 17.9 Å². The fourth-order valence-electron chi connectivity index (χ4n) is 6.20. The zero-order valence-electron chi connectivity index (χ0n) is 21.0. The van der Waals surface area contributed by atoms with Gasteiger partial charge in [-0.3, -0.25) is 9.88 Å². The number of aromatic nitrogens is 1. The highest BCUT2D eigenvalue weighted by Gasteiger charge is 2.47. The van der Waals surface area contributed by atoms with Gasteiger partial charge >= 0.3 is 5.97 Å². The molecule has 2 unspecified atom stereocenters. The second kappa shape index (κ2) is 9.25. The van der Waals surface area contributed by atoms with Crippen LogP contribution in [0.4, 0.5) is 5.69 Å². The highest BCUT2D eigenvalue weighted by molar-refractivity contribution is 5.88. The standard InChI is InChI=1S/C30H33N3O3/c1-4-20-17-32-13-11-21(20)15-27(32)29(24-10-12-31-26-9-8-23(35-3)16-25(24)26)36-30(34)28-18-33(28)22-7-5-6-19(2)14-22/h4-10,12,14,16,20-21,27-29H,1,11,13,15,17-18H2,2-3H3/t20?,21-,27-,28+,29+,33?/m0/s1. The molecule has 186 valence electrons. The molecular formula is C30H33N3O3. The Bertz CT molecular complexity index is 1310. The van der Waals surface area contributed by atoms with Gasteiger partial charge < -0.3 is 14.4 Å². The zero-order valence-corrected chi connectivity index (χ0v) is 21.0. The lowest BCUT2D eigenvalue weighted by atomic mass is 9.73. The smallest absolute Gasteiger partial charge is 0.331 e. The van der Waals surface area contributed by atoms with Crippen LogP contribution in [0, 0.1) is 18.8 Å². The molecule has 3 aromatic rings. The summed E-state index contributed by atoms with van der Waals surface area (Å²) in [5.74, 6) is 1.69. The highest BCUT2D eigenvalue weighted by Crippen LogP contribution is 2.44. The summed E-state index contributed by atoms with van der Waals surface area (Å²) in [4.78, 5) is 22.7. The average molecular weight is 484 g/mol. The number of rotatable bonds is 7. The molecule has 1 aromatic heterocycles. The summed E-state index contributed by atoms with van der Waals surface area (Å²) >= 11 is 0. The lowest BCUT2D eigenvalue weighted by Crippen LogP contribution is -2.55. The van der Waals surface area contributed by atoms with Crippen LogP contribution >= 0.6 is 0 Å². The van der Waals surface area contributed by atoms with E-state index in [1.807, 2.05) is 36.5 Å². The molecule has 4 saturated heterocycles. The number of hydrogen-bond acceptors (Lipinski definition) is 6. The third-order valence-corrected chi connectivity index (χ3v) is 8.25. The molecule has 4 aliphatic heterocycles. The normalized spacial score (nSPS) is 27.5. The van der Waals surface area contributed by atoms with Gasteiger partial charge in [0.15, 0.2) is 0 Å². The lowest BCUT2D eigenvalue weighted by molar-refractivity contribution is -0.156. The van der Waals surface area contributed by atoms with Crippen LogP contribution in [0.2, 0.25) is 0 Å². The number of hydrogen-bond donors (Lipinski definition) is 0. The number of aryl methyl sites for hydroxylation is 1. The van der Waals surface area contributed by atoms with Crippen molar-refractivity contribution in [2.45, 2.75) is 38.0 Å². The summed E-state index contributed by atoms with van der Waals surface area (Å²) in [7, 11) is 1.67. The Balaban J connectivity index is 1.33. The van der Waals surface area contributed by atoms with E-state index in [1.54, 1.807) is 7.11 Å². The maximum absolute atomic E-state index is 13.5. The minimum Gasteiger partial charge on any atom is -0.497 e. The number of carbonyl (C=O) groups excluding carboxylic acids is 1.